The number of thiophene rings is 1. The maximum absolute atomic E-state index is 12.2. The van der Waals surface area contributed by atoms with Gasteiger partial charge < -0.3 is 15.2 Å². The maximum atomic E-state index is 12.2. The van der Waals surface area contributed by atoms with Crippen molar-refractivity contribution in [3.63, 3.8) is 0 Å². The van der Waals surface area contributed by atoms with E-state index in [4.69, 9.17) is 4.74 Å². The molecule has 0 unspecified atom stereocenters. The fraction of sp³-hybridized carbons (Fsp3) is 0.312. The molecular formula is C16H17NO3S. The summed E-state index contributed by atoms with van der Waals surface area (Å²) in [7, 11) is 0. The Balaban J connectivity index is 1.67. The molecule has 1 aromatic carbocycles. The normalized spacial score (nSPS) is 13.8. The first kappa shape index (κ1) is 14.3. The molecule has 2 N–H and O–H groups in total. The molecule has 1 aliphatic heterocycles. The lowest BCUT2D eigenvalue weighted by atomic mass is 10.1. The van der Waals surface area contributed by atoms with Crippen molar-refractivity contribution in [1.29, 1.82) is 0 Å². The average Bonchev–Trinajstić information content (AvgIpc) is 2.97. The maximum Gasteiger partial charge on any atom is 0.261 e. The van der Waals surface area contributed by atoms with Crippen LogP contribution in [0.1, 0.15) is 31.2 Å². The summed E-state index contributed by atoms with van der Waals surface area (Å²) in [6.45, 7) is 1.75. The van der Waals surface area contributed by atoms with E-state index in [0.717, 1.165) is 34.6 Å². The highest BCUT2D eigenvalue weighted by atomic mass is 32.1. The van der Waals surface area contributed by atoms with E-state index in [1.54, 1.807) is 11.3 Å². The third-order valence-corrected chi connectivity index (χ3v) is 4.82. The van der Waals surface area contributed by atoms with Gasteiger partial charge in [0.05, 0.1) is 24.7 Å². The Bertz CT molecular complexity index is 627. The molecule has 0 aliphatic carbocycles. The van der Waals surface area contributed by atoms with E-state index < -0.39 is 0 Å². The molecule has 0 saturated heterocycles. The number of fused-ring (bicyclic) bond motifs is 1. The first-order valence-electron chi connectivity index (χ1n) is 6.93. The van der Waals surface area contributed by atoms with Crippen LogP contribution in [-0.2, 0) is 30.9 Å². The molecule has 5 heteroatoms. The Labute approximate surface area is 127 Å². The predicted octanol–water partition coefficient (Wildman–Crippen LogP) is 2.24. The first-order valence-corrected chi connectivity index (χ1v) is 7.74. The molecule has 110 valence electrons. The fourth-order valence-corrected chi connectivity index (χ4v) is 3.47. The van der Waals surface area contributed by atoms with Crippen molar-refractivity contribution < 1.29 is 14.6 Å². The second-order valence-corrected chi connectivity index (χ2v) is 6.11. The Morgan fingerprint density at radius 3 is 2.90 bits per heavy atom. The van der Waals surface area contributed by atoms with Gasteiger partial charge in [0.1, 0.15) is 0 Å². The summed E-state index contributed by atoms with van der Waals surface area (Å²) in [4.78, 5) is 14.2. The summed E-state index contributed by atoms with van der Waals surface area (Å²) in [5, 5.41) is 12.2. The average molecular weight is 303 g/mol. The number of ether oxygens (including phenoxy) is 1. The third-order valence-electron chi connectivity index (χ3n) is 3.58. The van der Waals surface area contributed by atoms with Gasteiger partial charge >= 0.3 is 0 Å². The van der Waals surface area contributed by atoms with Gasteiger partial charge in [-0.15, -0.1) is 11.3 Å². The zero-order chi connectivity index (χ0) is 14.7. The van der Waals surface area contributed by atoms with Crippen LogP contribution in [0.4, 0.5) is 0 Å². The summed E-state index contributed by atoms with van der Waals surface area (Å²) >= 11 is 1.55. The fourth-order valence-electron chi connectivity index (χ4n) is 2.41. The molecule has 0 atom stereocenters. The van der Waals surface area contributed by atoms with Crippen LogP contribution in [0.25, 0.3) is 0 Å². The van der Waals surface area contributed by atoms with Crippen LogP contribution >= 0.6 is 11.3 Å². The van der Waals surface area contributed by atoms with Crippen molar-refractivity contribution in [3.05, 3.63) is 56.8 Å². The number of carbonyl (C=O) groups is 1. The van der Waals surface area contributed by atoms with E-state index in [2.05, 4.69) is 5.32 Å². The van der Waals surface area contributed by atoms with Crippen LogP contribution in [-0.4, -0.2) is 17.6 Å². The van der Waals surface area contributed by atoms with Crippen molar-refractivity contribution >= 4 is 17.2 Å². The Morgan fingerprint density at radius 1 is 1.33 bits per heavy atom. The van der Waals surface area contributed by atoms with Crippen LogP contribution in [0.2, 0.25) is 0 Å². The minimum absolute atomic E-state index is 0.0172. The number of aliphatic hydroxyl groups excluding tert-OH is 1. The molecule has 4 nitrogen and oxygen atoms in total. The van der Waals surface area contributed by atoms with Gasteiger partial charge in [0.15, 0.2) is 0 Å². The summed E-state index contributed by atoms with van der Waals surface area (Å²) in [6.07, 6.45) is 0.890. The molecule has 1 aromatic heterocycles. The number of hydrogen-bond acceptors (Lipinski definition) is 4. The molecule has 3 rings (SSSR count). The van der Waals surface area contributed by atoms with Crippen molar-refractivity contribution in [2.24, 2.45) is 0 Å². The van der Waals surface area contributed by atoms with Gasteiger partial charge in [0.2, 0.25) is 0 Å². The molecule has 0 spiro atoms. The number of aliphatic hydroxyl groups is 1. The molecule has 0 fully saturated rings. The molecular weight excluding hydrogens is 286 g/mol. The van der Waals surface area contributed by atoms with Gasteiger partial charge in [0, 0.05) is 17.8 Å². The largest absolute Gasteiger partial charge is 0.392 e. The Kier molecular flexibility index (Phi) is 4.34. The summed E-state index contributed by atoms with van der Waals surface area (Å²) in [5.41, 5.74) is 2.92. The molecule has 0 bridgehead atoms. The minimum Gasteiger partial charge on any atom is -0.392 e. The molecule has 2 heterocycles. The lowest BCUT2D eigenvalue weighted by Gasteiger charge is -2.10. The van der Waals surface area contributed by atoms with Gasteiger partial charge in [-0.1, -0.05) is 24.3 Å². The van der Waals surface area contributed by atoms with E-state index in [-0.39, 0.29) is 12.5 Å². The molecule has 21 heavy (non-hydrogen) atoms. The molecule has 1 amide bonds. The van der Waals surface area contributed by atoms with Gasteiger partial charge in [0.25, 0.3) is 5.91 Å². The standard InChI is InChI=1S/C16H17NO3S/c18-9-12-4-2-1-3-11(12)8-17-16(19)15-7-13-10-20-6-5-14(13)21-15/h1-4,7,18H,5-6,8-10H2,(H,17,19). The summed E-state index contributed by atoms with van der Waals surface area (Å²) in [6, 6.07) is 9.49. The summed E-state index contributed by atoms with van der Waals surface area (Å²) in [5.74, 6) is -0.0675. The third kappa shape index (κ3) is 3.15. The van der Waals surface area contributed by atoms with E-state index in [1.807, 2.05) is 30.3 Å². The second-order valence-electron chi connectivity index (χ2n) is 4.97. The molecule has 0 radical (unpaired) electrons. The lowest BCUT2D eigenvalue weighted by molar-refractivity contribution is 0.0954. The van der Waals surface area contributed by atoms with Crippen LogP contribution in [0.3, 0.4) is 0 Å². The summed E-state index contributed by atoms with van der Waals surface area (Å²) < 4.78 is 5.40. The number of hydrogen-bond donors (Lipinski definition) is 2. The topological polar surface area (TPSA) is 58.6 Å². The monoisotopic (exact) mass is 303 g/mol. The highest BCUT2D eigenvalue weighted by Crippen LogP contribution is 2.26. The Morgan fingerprint density at radius 2 is 2.14 bits per heavy atom. The number of nitrogens with one attached hydrogen (secondary N) is 1. The van der Waals surface area contributed by atoms with Crippen molar-refractivity contribution in [1.82, 2.24) is 5.32 Å². The van der Waals surface area contributed by atoms with Gasteiger partial charge in [-0.2, -0.15) is 0 Å². The number of amides is 1. The zero-order valence-electron chi connectivity index (χ0n) is 11.6. The first-order chi connectivity index (χ1) is 10.3. The van der Waals surface area contributed by atoms with Crippen LogP contribution in [0.15, 0.2) is 30.3 Å². The van der Waals surface area contributed by atoms with Crippen molar-refractivity contribution in [2.45, 2.75) is 26.2 Å². The number of carbonyl (C=O) groups excluding carboxylic acids is 1. The number of benzene rings is 1. The van der Waals surface area contributed by atoms with Gasteiger partial charge in [-0.25, -0.2) is 0 Å². The quantitative estimate of drug-likeness (QED) is 0.911. The van der Waals surface area contributed by atoms with E-state index in [0.29, 0.717) is 13.2 Å². The smallest absolute Gasteiger partial charge is 0.261 e. The highest BCUT2D eigenvalue weighted by Gasteiger charge is 2.17. The van der Waals surface area contributed by atoms with Crippen molar-refractivity contribution in [2.75, 3.05) is 6.61 Å². The zero-order valence-corrected chi connectivity index (χ0v) is 12.4. The molecule has 0 saturated carbocycles. The van der Waals surface area contributed by atoms with Gasteiger partial charge in [-0.3, -0.25) is 4.79 Å². The SMILES string of the molecule is O=C(NCc1ccccc1CO)c1cc2c(s1)CCOC2. The molecule has 1 aliphatic rings. The van der Waals surface area contributed by atoms with Crippen LogP contribution < -0.4 is 5.32 Å². The van der Waals surface area contributed by atoms with Gasteiger partial charge in [-0.05, 0) is 22.8 Å². The highest BCUT2D eigenvalue weighted by molar-refractivity contribution is 7.14. The van der Waals surface area contributed by atoms with Crippen LogP contribution in [0.5, 0.6) is 0 Å². The van der Waals surface area contributed by atoms with E-state index in [9.17, 15) is 9.90 Å². The predicted molar refractivity (Wildman–Crippen MR) is 81.2 cm³/mol. The lowest BCUT2D eigenvalue weighted by Crippen LogP contribution is -2.22. The minimum atomic E-state index is -0.0675. The number of rotatable bonds is 4. The Hall–Kier alpha value is -1.69. The molecule has 2 aromatic rings. The van der Waals surface area contributed by atoms with Crippen LogP contribution in [0, 0.1) is 0 Å². The van der Waals surface area contributed by atoms with E-state index >= 15 is 0 Å². The van der Waals surface area contributed by atoms with E-state index in [1.165, 1.54) is 4.88 Å². The second kappa shape index (κ2) is 6.39. The van der Waals surface area contributed by atoms with Crippen molar-refractivity contribution in [3.8, 4) is 0 Å².